The summed E-state index contributed by atoms with van der Waals surface area (Å²) in [5, 5.41) is 2.23. The Morgan fingerprint density at radius 3 is 2.95 bits per heavy atom. The Hall–Kier alpha value is -1.63. The zero-order chi connectivity index (χ0) is 13.6. The summed E-state index contributed by atoms with van der Waals surface area (Å²) in [6, 6.07) is 7.02. The minimum Gasteiger partial charge on any atom is -0.755 e. The first kappa shape index (κ1) is 12.4. The van der Waals surface area contributed by atoms with Gasteiger partial charge in [-0.2, -0.15) is 0 Å². The number of anilines is 1. The van der Waals surface area contributed by atoms with Crippen LogP contribution in [-0.2, 0) is 11.3 Å². The molecule has 0 bridgehead atoms. The summed E-state index contributed by atoms with van der Waals surface area (Å²) in [5.74, 6) is 0. The van der Waals surface area contributed by atoms with Crippen LogP contribution >= 0.6 is 11.6 Å². The van der Waals surface area contributed by atoms with E-state index < -0.39 is 11.3 Å². The maximum atomic E-state index is 11.0. The minimum absolute atomic E-state index is 0.571. The van der Waals surface area contributed by atoms with Crippen LogP contribution in [0, 0.1) is 0 Å². The predicted molar refractivity (Wildman–Crippen MR) is 75.9 cm³/mol. The average molecular weight is 295 g/mol. The fourth-order valence-corrected chi connectivity index (χ4v) is 2.58. The molecule has 1 atom stereocenters. The summed E-state index contributed by atoms with van der Waals surface area (Å²) in [6.07, 6.45) is 1.62. The van der Waals surface area contributed by atoms with Crippen molar-refractivity contribution in [2.45, 2.75) is 0 Å². The summed E-state index contributed by atoms with van der Waals surface area (Å²) in [6.45, 7) is 0. The number of hydrogen-bond acceptors (Lipinski definition) is 3. The molecule has 0 fully saturated rings. The van der Waals surface area contributed by atoms with Crippen molar-refractivity contribution in [3.8, 4) is 0 Å². The maximum absolute atomic E-state index is 11.0. The Morgan fingerprint density at radius 2 is 2.21 bits per heavy atom. The highest BCUT2D eigenvalue weighted by Gasteiger charge is 2.10. The first-order chi connectivity index (χ1) is 9.08. The van der Waals surface area contributed by atoms with Gasteiger partial charge in [-0.15, -0.1) is 0 Å². The zero-order valence-electron chi connectivity index (χ0n) is 9.88. The molecule has 7 heteroatoms. The summed E-state index contributed by atoms with van der Waals surface area (Å²) in [7, 11) is 1.49. The van der Waals surface area contributed by atoms with E-state index in [4.69, 9.17) is 11.6 Å². The molecule has 5 nitrogen and oxygen atoms in total. The van der Waals surface area contributed by atoms with E-state index in [-0.39, 0.29) is 0 Å². The number of nitrogens with zero attached hydrogens (tertiary/aromatic N) is 2. The lowest BCUT2D eigenvalue weighted by molar-refractivity contribution is 0.535. The molecule has 1 N–H and O–H groups in total. The molecular formula is C12H9ClN3O2S-. The Kier molecular flexibility index (Phi) is 2.93. The van der Waals surface area contributed by atoms with Crippen LogP contribution < -0.4 is 4.31 Å². The van der Waals surface area contributed by atoms with E-state index in [1.165, 1.54) is 7.05 Å². The van der Waals surface area contributed by atoms with Crippen LogP contribution in [0.15, 0.2) is 30.5 Å². The lowest BCUT2D eigenvalue weighted by Crippen LogP contribution is -2.19. The molecule has 2 heterocycles. The molecule has 0 saturated heterocycles. The molecule has 0 saturated carbocycles. The number of nitrogens with one attached hydrogen (secondary N) is 1. The van der Waals surface area contributed by atoms with Crippen molar-refractivity contribution in [1.29, 1.82) is 0 Å². The quantitative estimate of drug-likeness (QED) is 0.738. The third-order valence-corrected chi connectivity index (χ3v) is 3.99. The number of rotatable bonds is 2. The van der Waals surface area contributed by atoms with Gasteiger partial charge in [0.2, 0.25) is 0 Å². The van der Waals surface area contributed by atoms with E-state index in [2.05, 4.69) is 9.97 Å². The molecule has 3 aromatic rings. The highest BCUT2D eigenvalue weighted by atomic mass is 35.5. The smallest absolute Gasteiger partial charge is 0.139 e. The molecule has 2 aromatic heterocycles. The van der Waals surface area contributed by atoms with Crippen molar-refractivity contribution in [2.75, 3.05) is 11.4 Å². The highest BCUT2D eigenvalue weighted by molar-refractivity contribution is 7.80. The lowest BCUT2D eigenvalue weighted by atomic mass is 10.2. The largest absolute Gasteiger partial charge is 0.755 e. The van der Waals surface area contributed by atoms with Crippen molar-refractivity contribution in [2.24, 2.45) is 0 Å². The number of aromatic amines is 1. The van der Waals surface area contributed by atoms with Gasteiger partial charge in [0.25, 0.3) is 0 Å². The van der Waals surface area contributed by atoms with E-state index in [1.807, 2.05) is 6.07 Å². The number of aromatic nitrogens is 2. The number of fused-ring (bicyclic) bond motifs is 3. The van der Waals surface area contributed by atoms with Crippen LogP contribution in [0.5, 0.6) is 0 Å². The molecule has 0 aliphatic rings. The highest BCUT2D eigenvalue weighted by Crippen LogP contribution is 2.32. The van der Waals surface area contributed by atoms with Crippen LogP contribution in [0.1, 0.15) is 0 Å². The van der Waals surface area contributed by atoms with Crippen molar-refractivity contribution in [3.05, 3.63) is 35.5 Å². The summed E-state index contributed by atoms with van der Waals surface area (Å²) in [5.41, 5.74) is 2.12. The topological polar surface area (TPSA) is 72.0 Å². The molecule has 1 unspecified atom stereocenters. The third-order valence-electron chi connectivity index (χ3n) is 3.01. The molecule has 3 rings (SSSR count). The second kappa shape index (κ2) is 4.48. The third kappa shape index (κ3) is 1.98. The second-order valence-electron chi connectivity index (χ2n) is 4.09. The van der Waals surface area contributed by atoms with Gasteiger partial charge in [0.1, 0.15) is 5.65 Å². The molecule has 0 spiro atoms. The first-order valence-electron chi connectivity index (χ1n) is 5.47. The first-order valence-corrected chi connectivity index (χ1v) is 6.88. The fraction of sp³-hybridized carbons (Fsp3) is 0.0833. The normalized spacial score (nSPS) is 13.0. The standard InChI is InChI=1S/C12H10ClN3O2S/c1-16(19(17)18)7-2-3-10-8(6-7)11-9(13)4-5-14-12(11)15-10/h2-6H,1H3,(H,14,15)(H,17,18)/p-1. The molecular weight excluding hydrogens is 286 g/mol. The Morgan fingerprint density at radius 1 is 1.42 bits per heavy atom. The number of benzene rings is 1. The van der Waals surface area contributed by atoms with Crippen molar-refractivity contribution in [3.63, 3.8) is 0 Å². The molecule has 0 aliphatic heterocycles. The molecule has 98 valence electrons. The van der Waals surface area contributed by atoms with Crippen molar-refractivity contribution in [1.82, 2.24) is 9.97 Å². The summed E-state index contributed by atoms with van der Waals surface area (Å²) >= 11 is 3.87. The van der Waals surface area contributed by atoms with Gasteiger partial charge in [-0.1, -0.05) is 11.6 Å². The monoisotopic (exact) mass is 294 g/mol. The molecule has 0 amide bonds. The SMILES string of the molecule is CN(c1ccc2[nH]c3nccc(Cl)c3c2c1)S(=O)[O-]. The Balaban J connectivity index is 2.32. The predicted octanol–water partition coefficient (Wildman–Crippen LogP) is 2.60. The second-order valence-corrected chi connectivity index (χ2v) is 5.47. The van der Waals surface area contributed by atoms with Crippen LogP contribution in [-0.4, -0.2) is 25.8 Å². The van der Waals surface area contributed by atoms with Crippen LogP contribution in [0.4, 0.5) is 5.69 Å². The van der Waals surface area contributed by atoms with Gasteiger partial charge >= 0.3 is 0 Å². The Labute approximate surface area is 116 Å². The molecule has 19 heavy (non-hydrogen) atoms. The molecule has 0 aliphatic carbocycles. The van der Waals surface area contributed by atoms with Gasteiger partial charge in [-0.05, 0) is 24.3 Å². The van der Waals surface area contributed by atoms with Crippen LogP contribution in [0.25, 0.3) is 21.9 Å². The number of hydrogen-bond donors (Lipinski definition) is 1. The van der Waals surface area contributed by atoms with Gasteiger partial charge in [0.05, 0.1) is 5.02 Å². The van der Waals surface area contributed by atoms with E-state index >= 15 is 0 Å². The minimum atomic E-state index is -2.31. The summed E-state index contributed by atoms with van der Waals surface area (Å²) < 4.78 is 23.1. The Bertz CT molecular complexity index is 802. The van der Waals surface area contributed by atoms with Gasteiger partial charge in [-0.25, -0.2) is 4.98 Å². The molecule has 1 aromatic carbocycles. The number of H-pyrrole nitrogens is 1. The van der Waals surface area contributed by atoms with Crippen LogP contribution in [0.3, 0.4) is 0 Å². The van der Waals surface area contributed by atoms with Gasteiger partial charge in [0.15, 0.2) is 0 Å². The van der Waals surface area contributed by atoms with E-state index in [0.29, 0.717) is 16.4 Å². The summed E-state index contributed by atoms with van der Waals surface area (Å²) in [4.78, 5) is 7.36. The van der Waals surface area contributed by atoms with Gasteiger partial charge in [0, 0.05) is 46.5 Å². The lowest BCUT2D eigenvalue weighted by Gasteiger charge is -2.21. The number of pyridine rings is 1. The average Bonchev–Trinajstić information content (AvgIpc) is 2.76. The van der Waals surface area contributed by atoms with E-state index in [1.54, 1.807) is 24.4 Å². The van der Waals surface area contributed by atoms with Gasteiger partial charge in [-0.3, -0.25) is 4.21 Å². The van der Waals surface area contributed by atoms with Crippen molar-refractivity contribution < 1.29 is 8.76 Å². The fourth-order valence-electron chi connectivity index (χ4n) is 2.05. The van der Waals surface area contributed by atoms with E-state index in [0.717, 1.165) is 20.6 Å². The molecule has 0 radical (unpaired) electrons. The zero-order valence-corrected chi connectivity index (χ0v) is 11.5. The maximum Gasteiger partial charge on any atom is 0.139 e. The van der Waals surface area contributed by atoms with Crippen LogP contribution in [0.2, 0.25) is 5.02 Å². The number of halogens is 1. The van der Waals surface area contributed by atoms with E-state index in [9.17, 15) is 8.76 Å². The van der Waals surface area contributed by atoms with Crippen molar-refractivity contribution >= 4 is 50.5 Å². The van der Waals surface area contributed by atoms with Gasteiger partial charge < -0.3 is 13.8 Å².